The third-order valence-electron chi connectivity index (χ3n) is 4.64. The zero-order valence-corrected chi connectivity index (χ0v) is 13.5. The van der Waals surface area contributed by atoms with E-state index in [2.05, 4.69) is 12.2 Å². The predicted molar refractivity (Wildman–Crippen MR) is 84.3 cm³/mol. The zero-order valence-electron chi connectivity index (χ0n) is 12.7. The molecule has 2 amide bonds. The fourth-order valence-electron chi connectivity index (χ4n) is 2.76. The van der Waals surface area contributed by atoms with Gasteiger partial charge in [0, 0.05) is 36.8 Å². The van der Waals surface area contributed by atoms with E-state index < -0.39 is 5.82 Å². The molecule has 0 aromatic heterocycles. The van der Waals surface area contributed by atoms with Crippen LogP contribution in [0.3, 0.4) is 0 Å². The number of amides is 2. The lowest BCUT2D eigenvalue weighted by atomic mass is 9.77. The van der Waals surface area contributed by atoms with Crippen molar-refractivity contribution in [2.45, 2.75) is 32.7 Å². The summed E-state index contributed by atoms with van der Waals surface area (Å²) in [6.45, 7) is 3.59. The maximum absolute atomic E-state index is 13.7. The average Bonchev–Trinajstić information content (AvgIpc) is 2.54. The molecular formula is C16H22ClFN2O2. The number of carbonyl (C=O) groups excluding carboxylic acids is 1. The number of urea groups is 1. The Morgan fingerprint density at radius 2 is 2.14 bits per heavy atom. The van der Waals surface area contributed by atoms with Gasteiger partial charge in [0.05, 0.1) is 0 Å². The van der Waals surface area contributed by atoms with Gasteiger partial charge in [0.15, 0.2) is 0 Å². The van der Waals surface area contributed by atoms with Gasteiger partial charge in [0.2, 0.25) is 0 Å². The summed E-state index contributed by atoms with van der Waals surface area (Å²) >= 11 is 5.70. The van der Waals surface area contributed by atoms with Crippen molar-refractivity contribution in [1.29, 1.82) is 0 Å². The van der Waals surface area contributed by atoms with E-state index in [0.717, 1.165) is 19.3 Å². The Morgan fingerprint density at radius 1 is 1.45 bits per heavy atom. The number of rotatable bonds is 4. The van der Waals surface area contributed by atoms with Gasteiger partial charge in [0.25, 0.3) is 0 Å². The van der Waals surface area contributed by atoms with Crippen molar-refractivity contribution < 1.29 is 14.3 Å². The summed E-state index contributed by atoms with van der Waals surface area (Å²) < 4.78 is 13.7. The minimum Gasteiger partial charge on any atom is -0.396 e. The monoisotopic (exact) mass is 328 g/mol. The third-order valence-corrected chi connectivity index (χ3v) is 4.88. The molecule has 22 heavy (non-hydrogen) atoms. The Balaban J connectivity index is 1.86. The molecule has 0 bridgehead atoms. The van der Waals surface area contributed by atoms with E-state index in [0.29, 0.717) is 23.7 Å². The molecule has 0 radical (unpaired) electrons. The molecule has 0 atom stereocenters. The molecule has 2 rings (SSSR count). The van der Waals surface area contributed by atoms with Crippen LogP contribution in [-0.2, 0) is 6.54 Å². The van der Waals surface area contributed by atoms with Crippen LogP contribution in [-0.4, -0.2) is 35.7 Å². The number of aliphatic hydroxyl groups excluding tert-OH is 1. The van der Waals surface area contributed by atoms with E-state index in [1.54, 1.807) is 17.0 Å². The Morgan fingerprint density at radius 3 is 2.68 bits per heavy atom. The number of hydrogen-bond acceptors (Lipinski definition) is 2. The Bertz CT molecular complexity index is 525. The van der Waals surface area contributed by atoms with Crippen molar-refractivity contribution in [3.63, 3.8) is 0 Å². The largest absolute Gasteiger partial charge is 0.396 e. The molecule has 0 unspecified atom stereocenters. The van der Waals surface area contributed by atoms with Crippen LogP contribution in [0.4, 0.5) is 9.18 Å². The van der Waals surface area contributed by atoms with Gasteiger partial charge >= 0.3 is 6.03 Å². The fourth-order valence-corrected chi connectivity index (χ4v) is 2.91. The highest BCUT2D eigenvalue weighted by Gasteiger charge is 2.33. The molecule has 1 aromatic carbocycles. The first-order chi connectivity index (χ1) is 10.5. The maximum atomic E-state index is 13.7. The van der Waals surface area contributed by atoms with Gasteiger partial charge in [-0.3, -0.25) is 0 Å². The average molecular weight is 329 g/mol. The van der Waals surface area contributed by atoms with Crippen LogP contribution >= 0.6 is 11.6 Å². The molecule has 0 spiro atoms. The van der Waals surface area contributed by atoms with Crippen molar-refractivity contribution in [3.8, 4) is 0 Å². The number of benzene rings is 1. The van der Waals surface area contributed by atoms with E-state index in [1.807, 2.05) is 0 Å². The van der Waals surface area contributed by atoms with Crippen LogP contribution in [0.5, 0.6) is 0 Å². The quantitative estimate of drug-likeness (QED) is 0.892. The number of hydrogen-bond donors (Lipinski definition) is 2. The van der Waals surface area contributed by atoms with Crippen molar-refractivity contribution in [1.82, 2.24) is 10.2 Å². The summed E-state index contributed by atoms with van der Waals surface area (Å²) in [4.78, 5) is 13.9. The smallest absolute Gasteiger partial charge is 0.317 e. The summed E-state index contributed by atoms with van der Waals surface area (Å²) in [6, 6.07) is 4.21. The van der Waals surface area contributed by atoms with Crippen molar-refractivity contribution in [2.75, 3.05) is 19.7 Å². The Labute approximate surface area is 135 Å². The summed E-state index contributed by atoms with van der Waals surface area (Å²) in [5.41, 5.74) is 0.354. The number of nitrogens with zero attached hydrogens (tertiary/aromatic N) is 1. The standard InChI is InChI=1S/C16H22ClFN2O2/c1-2-16(11-21)5-7-20(8-6-16)15(22)19-10-12-3-4-13(17)9-14(12)18/h3-4,9,21H,2,5-8,10-11H2,1H3,(H,19,22). The van der Waals surface area contributed by atoms with Crippen molar-refractivity contribution >= 4 is 17.6 Å². The minimum atomic E-state index is -0.420. The van der Waals surface area contributed by atoms with Crippen molar-refractivity contribution in [2.24, 2.45) is 5.41 Å². The van der Waals surface area contributed by atoms with Gasteiger partial charge in [-0.15, -0.1) is 0 Å². The summed E-state index contributed by atoms with van der Waals surface area (Å²) in [6.07, 6.45) is 2.50. The van der Waals surface area contributed by atoms with Crippen molar-refractivity contribution in [3.05, 3.63) is 34.6 Å². The summed E-state index contributed by atoms with van der Waals surface area (Å²) in [5, 5.41) is 12.6. The molecule has 1 saturated heterocycles. The Kier molecular flexibility index (Phi) is 5.64. The lowest BCUT2D eigenvalue weighted by Crippen LogP contribution is -2.48. The van der Waals surface area contributed by atoms with Gasteiger partial charge in [0.1, 0.15) is 5.82 Å². The lowest BCUT2D eigenvalue weighted by molar-refractivity contribution is 0.0519. The second-order valence-electron chi connectivity index (χ2n) is 5.89. The highest BCUT2D eigenvalue weighted by atomic mass is 35.5. The van der Waals surface area contributed by atoms with Gasteiger partial charge in [-0.2, -0.15) is 0 Å². The highest BCUT2D eigenvalue weighted by Crippen LogP contribution is 2.34. The highest BCUT2D eigenvalue weighted by molar-refractivity contribution is 6.30. The summed E-state index contributed by atoms with van der Waals surface area (Å²) in [7, 11) is 0. The molecule has 1 aliphatic heterocycles. The number of halogens is 2. The zero-order chi connectivity index (χ0) is 16.2. The van der Waals surface area contributed by atoms with Gasteiger partial charge in [-0.05, 0) is 36.8 Å². The molecular weight excluding hydrogens is 307 g/mol. The van der Waals surface area contributed by atoms with Gasteiger partial charge in [-0.25, -0.2) is 9.18 Å². The molecule has 1 heterocycles. The number of aliphatic hydroxyl groups is 1. The van der Waals surface area contributed by atoms with Crippen LogP contribution < -0.4 is 5.32 Å². The number of nitrogens with one attached hydrogen (secondary N) is 1. The predicted octanol–water partition coefficient (Wildman–Crippen LogP) is 3.17. The first-order valence-corrected chi connectivity index (χ1v) is 7.95. The summed E-state index contributed by atoms with van der Waals surface area (Å²) in [5.74, 6) is -0.420. The minimum absolute atomic E-state index is 0.0565. The SMILES string of the molecule is CCC1(CO)CCN(C(=O)NCc2ccc(Cl)cc2F)CC1. The molecule has 1 fully saturated rings. The molecule has 2 N–H and O–H groups in total. The number of carbonyl (C=O) groups is 1. The van der Waals surface area contributed by atoms with Crippen LogP contribution in [0.15, 0.2) is 18.2 Å². The third kappa shape index (κ3) is 3.90. The maximum Gasteiger partial charge on any atom is 0.317 e. The Hall–Kier alpha value is -1.33. The van der Waals surface area contributed by atoms with E-state index >= 15 is 0 Å². The lowest BCUT2D eigenvalue weighted by Gasteiger charge is -2.40. The number of likely N-dealkylation sites (tertiary alicyclic amines) is 1. The first-order valence-electron chi connectivity index (χ1n) is 7.57. The molecule has 122 valence electrons. The van der Waals surface area contributed by atoms with E-state index in [-0.39, 0.29) is 24.6 Å². The van der Waals surface area contributed by atoms with E-state index in [9.17, 15) is 14.3 Å². The second-order valence-corrected chi connectivity index (χ2v) is 6.33. The molecule has 0 saturated carbocycles. The van der Waals surface area contributed by atoms with Crippen LogP contribution in [0.25, 0.3) is 0 Å². The molecule has 4 nitrogen and oxygen atoms in total. The van der Waals surface area contributed by atoms with Crippen LogP contribution in [0, 0.1) is 11.2 Å². The van der Waals surface area contributed by atoms with Gasteiger partial charge < -0.3 is 15.3 Å². The molecule has 6 heteroatoms. The molecule has 0 aliphatic carbocycles. The number of piperidine rings is 1. The van der Waals surface area contributed by atoms with Crippen LogP contribution in [0.2, 0.25) is 5.02 Å². The normalized spacial score (nSPS) is 17.4. The molecule has 1 aliphatic rings. The van der Waals surface area contributed by atoms with E-state index in [4.69, 9.17) is 11.6 Å². The fraction of sp³-hybridized carbons (Fsp3) is 0.562. The topological polar surface area (TPSA) is 52.6 Å². The first kappa shape index (κ1) is 17.0. The van der Waals surface area contributed by atoms with E-state index in [1.165, 1.54) is 6.07 Å². The van der Waals surface area contributed by atoms with Crippen LogP contribution in [0.1, 0.15) is 31.7 Å². The van der Waals surface area contributed by atoms with Gasteiger partial charge in [-0.1, -0.05) is 24.6 Å². The second kappa shape index (κ2) is 7.29. The molecule has 1 aromatic rings.